The third-order valence-corrected chi connectivity index (χ3v) is 8.15. The fourth-order valence-electron chi connectivity index (χ4n) is 5.17. The molecule has 2 aromatic carbocycles. The van der Waals surface area contributed by atoms with Crippen molar-refractivity contribution in [3.8, 4) is 10.4 Å². The average Bonchev–Trinajstić information content (AvgIpc) is 3.70. The highest BCUT2D eigenvalue weighted by Gasteiger charge is 2.39. The van der Waals surface area contributed by atoms with Crippen molar-refractivity contribution in [2.75, 3.05) is 17.2 Å². The lowest BCUT2D eigenvalue weighted by Crippen LogP contribution is -2.49. The number of fused-ring (bicyclic) bond motifs is 1. The first kappa shape index (κ1) is 33.5. The molecule has 47 heavy (non-hydrogen) atoms. The summed E-state index contributed by atoms with van der Waals surface area (Å²) in [4.78, 5) is 59.8. The highest BCUT2D eigenvalue weighted by Crippen LogP contribution is 2.31. The molecule has 2 aromatic heterocycles. The molecule has 0 saturated carbocycles. The summed E-state index contributed by atoms with van der Waals surface area (Å²) in [5.74, 6) is -0.364. The monoisotopic (exact) mass is 660 g/mol. The Balaban J connectivity index is 1.25. The lowest BCUT2D eigenvalue weighted by molar-refractivity contribution is -0.138. The first-order chi connectivity index (χ1) is 22.1. The predicted octanol–water partition coefficient (Wildman–Crippen LogP) is 6.61. The van der Waals surface area contributed by atoms with Gasteiger partial charge in [0.05, 0.1) is 11.1 Å². The van der Waals surface area contributed by atoms with Crippen LogP contribution in [0.3, 0.4) is 0 Å². The van der Waals surface area contributed by atoms with E-state index >= 15 is 0 Å². The maximum Gasteiger partial charge on any atom is 0.412 e. The van der Waals surface area contributed by atoms with Gasteiger partial charge in [0.1, 0.15) is 23.3 Å². The summed E-state index contributed by atoms with van der Waals surface area (Å²) in [6.45, 7) is 11.0. The predicted molar refractivity (Wildman–Crippen MR) is 180 cm³/mol. The Bertz CT molecular complexity index is 1720. The van der Waals surface area contributed by atoms with Gasteiger partial charge >= 0.3 is 12.2 Å². The molecule has 3 heterocycles. The van der Waals surface area contributed by atoms with Crippen LogP contribution in [-0.4, -0.2) is 62.1 Å². The Morgan fingerprint density at radius 3 is 2.17 bits per heavy atom. The minimum atomic E-state index is -1.02. The van der Waals surface area contributed by atoms with E-state index in [-0.39, 0.29) is 11.8 Å². The molecule has 0 unspecified atom stereocenters. The third-order valence-electron chi connectivity index (χ3n) is 7.10. The van der Waals surface area contributed by atoms with Crippen LogP contribution in [0.1, 0.15) is 66.0 Å². The second-order valence-electron chi connectivity index (χ2n) is 13.3. The summed E-state index contributed by atoms with van der Waals surface area (Å²) in [6, 6.07) is 14.6. The summed E-state index contributed by atoms with van der Waals surface area (Å²) in [5, 5.41) is 8.30. The Kier molecular flexibility index (Phi) is 9.57. The van der Waals surface area contributed by atoms with Crippen LogP contribution in [0, 0.1) is 0 Å². The van der Waals surface area contributed by atoms with Gasteiger partial charge in [0.2, 0.25) is 5.91 Å². The SMILES string of the molecule is CC(C)(C)OC(=O)Nc1ccc(-c2cn3cc(NC(=O)[C@@H]4CCCN4C(=O)[C@@H](NC(=O)OC(C)(C)C)c4ccccc4)nc3s2)cc1. The van der Waals surface area contributed by atoms with Crippen LogP contribution in [0.25, 0.3) is 15.4 Å². The van der Waals surface area contributed by atoms with Gasteiger partial charge in [0.15, 0.2) is 10.8 Å². The van der Waals surface area contributed by atoms with Crippen molar-refractivity contribution < 1.29 is 28.7 Å². The van der Waals surface area contributed by atoms with Gasteiger partial charge in [-0.25, -0.2) is 14.6 Å². The van der Waals surface area contributed by atoms with E-state index in [0.717, 1.165) is 10.4 Å². The van der Waals surface area contributed by atoms with Gasteiger partial charge in [-0.05, 0) is 77.6 Å². The number of benzene rings is 2. The smallest absolute Gasteiger partial charge is 0.412 e. The lowest BCUT2D eigenvalue weighted by atomic mass is 10.0. The molecule has 0 bridgehead atoms. The van der Waals surface area contributed by atoms with E-state index in [1.807, 2.05) is 28.8 Å². The van der Waals surface area contributed by atoms with Gasteiger partial charge in [-0.1, -0.05) is 53.8 Å². The second kappa shape index (κ2) is 13.4. The minimum Gasteiger partial charge on any atom is -0.444 e. The molecule has 0 radical (unpaired) electrons. The van der Waals surface area contributed by atoms with Crippen LogP contribution in [0.4, 0.5) is 21.1 Å². The van der Waals surface area contributed by atoms with Crippen molar-refractivity contribution in [3.05, 3.63) is 72.6 Å². The number of hydrogen-bond acceptors (Lipinski definition) is 8. The van der Waals surface area contributed by atoms with E-state index in [4.69, 9.17) is 9.47 Å². The van der Waals surface area contributed by atoms with Crippen molar-refractivity contribution in [3.63, 3.8) is 0 Å². The average molecular weight is 661 g/mol. The molecule has 5 rings (SSSR count). The molecule has 4 aromatic rings. The summed E-state index contributed by atoms with van der Waals surface area (Å²) >= 11 is 1.45. The number of imidazole rings is 1. The van der Waals surface area contributed by atoms with Gasteiger partial charge in [0.25, 0.3) is 5.91 Å². The molecule has 1 saturated heterocycles. The number of carbonyl (C=O) groups is 4. The number of anilines is 2. The van der Waals surface area contributed by atoms with Crippen LogP contribution in [0.2, 0.25) is 0 Å². The zero-order chi connectivity index (χ0) is 33.9. The standard InChI is InChI=1S/C34H40N6O6S/c1-33(2,3)45-31(43)35-23-16-14-21(15-17-23)25-19-39-20-26(37-30(39)47-25)36-28(41)24-13-10-18-40(24)29(42)27(22-11-8-7-9-12-22)38-32(44)46-34(4,5)6/h7-9,11-12,14-17,19-20,24,27H,10,13,18H2,1-6H3,(H,35,43)(H,36,41)(H,38,44)/t24-,27-/m0/s1. The molecule has 1 aliphatic rings. The zero-order valence-corrected chi connectivity index (χ0v) is 28.1. The van der Waals surface area contributed by atoms with Crippen molar-refractivity contribution in [2.45, 2.75) is 77.7 Å². The van der Waals surface area contributed by atoms with E-state index in [0.29, 0.717) is 41.4 Å². The number of alkyl carbamates (subject to hydrolysis) is 1. The second-order valence-corrected chi connectivity index (χ2v) is 14.3. The van der Waals surface area contributed by atoms with Crippen LogP contribution < -0.4 is 16.0 Å². The summed E-state index contributed by atoms with van der Waals surface area (Å²) in [7, 11) is 0. The fraction of sp³-hybridized carbons (Fsp3) is 0.382. The quantitative estimate of drug-likeness (QED) is 0.203. The van der Waals surface area contributed by atoms with Crippen molar-refractivity contribution in [1.29, 1.82) is 0 Å². The van der Waals surface area contributed by atoms with E-state index in [1.165, 1.54) is 16.2 Å². The third kappa shape index (κ3) is 8.67. The Labute approximate surface area is 277 Å². The molecule has 248 valence electrons. The van der Waals surface area contributed by atoms with Crippen LogP contribution in [0.5, 0.6) is 0 Å². The van der Waals surface area contributed by atoms with Gasteiger partial charge < -0.3 is 25.0 Å². The van der Waals surface area contributed by atoms with E-state index < -0.39 is 35.5 Å². The summed E-state index contributed by atoms with van der Waals surface area (Å²) in [6.07, 6.45) is 3.53. The Morgan fingerprint density at radius 2 is 1.53 bits per heavy atom. The normalized spacial score (nSPS) is 15.6. The first-order valence-electron chi connectivity index (χ1n) is 15.4. The molecular weight excluding hydrogens is 620 g/mol. The van der Waals surface area contributed by atoms with Crippen LogP contribution >= 0.6 is 11.3 Å². The molecule has 0 spiro atoms. The van der Waals surface area contributed by atoms with Crippen molar-refractivity contribution in [1.82, 2.24) is 19.6 Å². The first-order valence-corrected chi connectivity index (χ1v) is 16.2. The molecular formula is C34H40N6O6S. The molecule has 12 nitrogen and oxygen atoms in total. The maximum atomic E-state index is 13.8. The zero-order valence-electron chi connectivity index (χ0n) is 27.3. The molecule has 3 N–H and O–H groups in total. The van der Waals surface area contributed by atoms with Gasteiger partial charge in [0, 0.05) is 18.4 Å². The molecule has 1 fully saturated rings. The van der Waals surface area contributed by atoms with Crippen molar-refractivity contribution >= 4 is 51.8 Å². The number of aromatic nitrogens is 2. The number of nitrogens with one attached hydrogen (secondary N) is 3. The largest absolute Gasteiger partial charge is 0.444 e. The van der Waals surface area contributed by atoms with Gasteiger partial charge in [-0.2, -0.15) is 0 Å². The molecule has 13 heteroatoms. The number of likely N-dealkylation sites (tertiary alicyclic amines) is 1. The molecule has 2 atom stereocenters. The number of rotatable bonds is 7. The van der Waals surface area contributed by atoms with E-state index in [2.05, 4.69) is 20.9 Å². The number of hydrogen-bond donors (Lipinski definition) is 3. The van der Waals surface area contributed by atoms with Crippen molar-refractivity contribution in [2.24, 2.45) is 0 Å². The number of carbonyl (C=O) groups excluding carboxylic acids is 4. The number of ether oxygens (including phenoxy) is 2. The topological polar surface area (TPSA) is 143 Å². The highest BCUT2D eigenvalue weighted by molar-refractivity contribution is 7.20. The Morgan fingerprint density at radius 1 is 0.872 bits per heavy atom. The minimum absolute atomic E-state index is 0.348. The number of amides is 4. The summed E-state index contributed by atoms with van der Waals surface area (Å²) < 4.78 is 12.5. The maximum absolute atomic E-state index is 13.8. The number of nitrogens with zero attached hydrogens (tertiary/aromatic N) is 3. The Hall–Kier alpha value is -4.91. The molecule has 0 aliphatic carbocycles. The van der Waals surface area contributed by atoms with E-state index in [1.54, 1.807) is 84.1 Å². The highest BCUT2D eigenvalue weighted by atomic mass is 32.1. The van der Waals surface area contributed by atoms with Crippen LogP contribution in [0.15, 0.2) is 67.0 Å². The number of thiazole rings is 1. The molecule has 1 aliphatic heterocycles. The molecule has 4 amide bonds. The van der Waals surface area contributed by atoms with Gasteiger partial charge in [-0.15, -0.1) is 0 Å². The van der Waals surface area contributed by atoms with Gasteiger partial charge in [-0.3, -0.25) is 19.3 Å². The fourth-order valence-corrected chi connectivity index (χ4v) is 6.14. The summed E-state index contributed by atoms with van der Waals surface area (Å²) in [5.41, 5.74) is 0.815. The lowest BCUT2D eigenvalue weighted by Gasteiger charge is -2.29. The van der Waals surface area contributed by atoms with E-state index in [9.17, 15) is 19.2 Å². The van der Waals surface area contributed by atoms with Crippen LogP contribution in [-0.2, 0) is 19.1 Å².